The SMILES string of the molecule is O=C(O)c1cc(OP)cc(OPP)c1. The molecule has 3 atom stereocenters. The van der Waals surface area contributed by atoms with E-state index in [1.54, 1.807) is 6.07 Å². The number of benzene rings is 1. The molecule has 4 nitrogen and oxygen atoms in total. The van der Waals surface area contributed by atoms with E-state index in [-0.39, 0.29) is 14.1 Å². The number of carboxylic acid groups (broad SMARTS) is 1. The summed E-state index contributed by atoms with van der Waals surface area (Å²) in [6.45, 7) is 0. The van der Waals surface area contributed by atoms with E-state index in [1.165, 1.54) is 12.1 Å². The van der Waals surface area contributed by atoms with Gasteiger partial charge in [0.15, 0.2) is 0 Å². The molecular weight excluding hydrogens is 241 g/mol. The maximum Gasteiger partial charge on any atom is 0.335 e. The van der Waals surface area contributed by atoms with Crippen LogP contribution in [0.1, 0.15) is 10.4 Å². The van der Waals surface area contributed by atoms with Crippen LogP contribution in [0.3, 0.4) is 0 Å². The summed E-state index contributed by atoms with van der Waals surface area (Å²) in [4.78, 5) is 10.7. The molecule has 76 valence electrons. The summed E-state index contributed by atoms with van der Waals surface area (Å²) in [5.74, 6) is -0.0883. The molecule has 1 N–H and O–H groups in total. The molecule has 0 fully saturated rings. The van der Waals surface area contributed by atoms with Crippen molar-refractivity contribution in [3.63, 3.8) is 0 Å². The Balaban J connectivity index is 3.06. The molecule has 1 aromatic carbocycles. The topological polar surface area (TPSA) is 55.8 Å². The Bertz CT molecular complexity index is 342. The van der Waals surface area contributed by atoms with Crippen LogP contribution >= 0.6 is 26.9 Å². The molecule has 0 amide bonds. The summed E-state index contributed by atoms with van der Waals surface area (Å²) >= 11 is 0. The molecule has 7 heteroatoms. The van der Waals surface area contributed by atoms with Gasteiger partial charge >= 0.3 is 5.97 Å². The lowest BCUT2D eigenvalue weighted by Gasteiger charge is -2.06. The highest BCUT2D eigenvalue weighted by atomic mass is 32.0. The first-order valence-electron chi connectivity index (χ1n) is 3.55. The van der Waals surface area contributed by atoms with Crippen LogP contribution in [-0.4, -0.2) is 11.1 Å². The van der Waals surface area contributed by atoms with Crippen molar-refractivity contribution in [2.45, 2.75) is 0 Å². The van der Waals surface area contributed by atoms with Crippen molar-refractivity contribution in [3.8, 4) is 11.5 Å². The van der Waals surface area contributed by atoms with Crippen LogP contribution in [0, 0.1) is 0 Å². The fraction of sp³-hybridized carbons (Fsp3) is 0. The Morgan fingerprint density at radius 2 is 2.00 bits per heavy atom. The van der Waals surface area contributed by atoms with Gasteiger partial charge in [-0.25, -0.2) is 4.79 Å². The molecule has 0 aromatic heterocycles. The zero-order valence-electron chi connectivity index (χ0n) is 7.06. The van der Waals surface area contributed by atoms with Crippen molar-refractivity contribution in [2.75, 3.05) is 0 Å². The highest BCUT2D eigenvalue weighted by Gasteiger charge is 2.07. The largest absolute Gasteiger partial charge is 0.480 e. The van der Waals surface area contributed by atoms with E-state index < -0.39 is 5.97 Å². The summed E-state index contributed by atoms with van der Waals surface area (Å²) in [7, 11) is 4.65. The van der Waals surface area contributed by atoms with E-state index >= 15 is 0 Å². The van der Waals surface area contributed by atoms with Gasteiger partial charge < -0.3 is 14.2 Å². The first-order chi connectivity index (χ1) is 6.67. The van der Waals surface area contributed by atoms with Crippen LogP contribution in [0.25, 0.3) is 0 Å². The molecule has 1 rings (SSSR count). The number of carbonyl (C=O) groups is 1. The first kappa shape index (κ1) is 11.7. The maximum absolute atomic E-state index is 10.7. The van der Waals surface area contributed by atoms with Gasteiger partial charge in [-0.05, 0) is 12.1 Å². The minimum atomic E-state index is -1.01. The van der Waals surface area contributed by atoms with Gasteiger partial charge in [-0.3, -0.25) is 0 Å². The van der Waals surface area contributed by atoms with Gasteiger partial charge in [0.25, 0.3) is 0 Å². The standard InChI is InChI=1S/C7H9O4P3/c8-7(9)4-1-5(10-12)3-6(2-4)11-14-13/h1-3,14H,12-13H2,(H,8,9). The molecule has 0 aliphatic rings. The number of hydrogen-bond acceptors (Lipinski definition) is 3. The lowest BCUT2D eigenvalue weighted by Crippen LogP contribution is -1.96. The van der Waals surface area contributed by atoms with E-state index in [0.717, 1.165) is 0 Å². The second-order valence-electron chi connectivity index (χ2n) is 2.34. The summed E-state index contributed by atoms with van der Waals surface area (Å²) in [6.07, 6.45) is 0. The lowest BCUT2D eigenvalue weighted by atomic mass is 10.2. The Kier molecular flexibility index (Phi) is 4.54. The van der Waals surface area contributed by atoms with E-state index in [4.69, 9.17) is 14.2 Å². The molecule has 0 heterocycles. The summed E-state index contributed by atoms with van der Waals surface area (Å²) in [5.41, 5.74) is 0.142. The zero-order chi connectivity index (χ0) is 10.6. The predicted octanol–water partition coefficient (Wildman–Crippen LogP) is 2.32. The Hall–Kier alpha value is -0.420. The first-order valence-corrected chi connectivity index (χ1v) is 6.74. The third-order valence-electron chi connectivity index (χ3n) is 1.44. The number of rotatable bonds is 4. The van der Waals surface area contributed by atoms with Crippen molar-refractivity contribution in [3.05, 3.63) is 23.8 Å². The molecule has 3 unspecified atom stereocenters. The van der Waals surface area contributed by atoms with Gasteiger partial charge in [0.1, 0.15) is 11.5 Å². The smallest absolute Gasteiger partial charge is 0.335 e. The van der Waals surface area contributed by atoms with E-state index in [1.807, 2.05) is 0 Å². The Morgan fingerprint density at radius 1 is 1.36 bits per heavy atom. The minimum absolute atomic E-state index is 0.142. The van der Waals surface area contributed by atoms with Crippen LogP contribution < -0.4 is 9.05 Å². The average molecular weight is 250 g/mol. The number of hydrogen-bond donors (Lipinski definition) is 1. The molecular formula is C7H9O4P3. The van der Waals surface area contributed by atoms with Crippen LogP contribution in [0.15, 0.2) is 18.2 Å². The van der Waals surface area contributed by atoms with Crippen molar-refractivity contribution in [1.82, 2.24) is 0 Å². The van der Waals surface area contributed by atoms with Gasteiger partial charge in [0.05, 0.1) is 23.5 Å². The molecule has 0 saturated heterocycles. The monoisotopic (exact) mass is 250 g/mol. The zero-order valence-corrected chi connectivity index (χ0v) is 10.4. The Morgan fingerprint density at radius 3 is 2.50 bits per heavy atom. The van der Waals surface area contributed by atoms with Crippen LogP contribution in [0.5, 0.6) is 11.5 Å². The summed E-state index contributed by atoms with van der Waals surface area (Å²) < 4.78 is 10.0. The molecule has 14 heavy (non-hydrogen) atoms. The van der Waals surface area contributed by atoms with Crippen LogP contribution in [0.2, 0.25) is 0 Å². The van der Waals surface area contributed by atoms with Gasteiger partial charge in [-0.15, -0.1) is 0 Å². The average Bonchev–Trinajstić information content (AvgIpc) is 2.17. The van der Waals surface area contributed by atoms with Crippen molar-refractivity contribution in [1.29, 1.82) is 0 Å². The van der Waals surface area contributed by atoms with Gasteiger partial charge in [0, 0.05) is 6.07 Å². The maximum atomic E-state index is 10.7. The summed E-state index contributed by atoms with van der Waals surface area (Å²) in [5, 5.41) is 8.78. The highest BCUT2D eigenvalue weighted by Crippen LogP contribution is 2.31. The quantitative estimate of drug-likeness (QED) is 0.833. The normalized spacial score (nSPS) is 10.4. The van der Waals surface area contributed by atoms with Crippen LogP contribution in [-0.2, 0) is 0 Å². The van der Waals surface area contributed by atoms with Crippen molar-refractivity contribution >= 4 is 32.9 Å². The second-order valence-corrected chi connectivity index (χ2v) is 3.72. The molecule has 0 spiro atoms. The molecule has 0 radical (unpaired) electrons. The molecule has 1 aromatic rings. The molecule has 0 bridgehead atoms. The van der Waals surface area contributed by atoms with Gasteiger partial charge in [-0.1, -0.05) is 8.93 Å². The van der Waals surface area contributed by atoms with E-state index in [9.17, 15) is 4.79 Å². The fourth-order valence-electron chi connectivity index (χ4n) is 0.890. The number of aromatic carboxylic acids is 1. The predicted molar refractivity (Wildman–Crippen MR) is 62.4 cm³/mol. The molecule has 0 aliphatic carbocycles. The second kappa shape index (κ2) is 5.46. The molecule has 0 aliphatic heterocycles. The summed E-state index contributed by atoms with van der Waals surface area (Å²) in [6, 6.07) is 4.50. The van der Waals surface area contributed by atoms with Crippen LogP contribution in [0.4, 0.5) is 0 Å². The Labute approximate surface area is 87.6 Å². The lowest BCUT2D eigenvalue weighted by molar-refractivity contribution is 0.0696. The minimum Gasteiger partial charge on any atom is -0.480 e. The fourth-order valence-corrected chi connectivity index (χ4v) is 1.69. The van der Waals surface area contributed by atoms with Crippen molar-refractivity contribution < 1.29 is 18.9 Å². The third-order valence-corrected chi connectivity index (χ3v) is 2.42. The highest BCUT2D eigenvalue weighted by molar-refractivity contribution is 8.00. The van der Waals surface area contributed by atoms with E-state index in [0.29, 0.717) is 11.5 Å². The van der Waals surface area contributed by atoms with E-state index in [2.05, 4.69) is 18.4 Å². The van der Waals surface area contributed by atoms with Gasteiger partial charge in [-0.2, -0.15) is 0 Å². The number of carboxylic acids is 1. The third kappa shape index (κ3) is 3.06. The van der Waals surface area contributed by atoms with Crippen molar-refractivity contribution in [2.24, 2.45) is 0 Å². The molecule has 0 saturated carbocycles. The van der Waals surface area contributed by atoms with Gasteiger partial charge in [0.2, 0.25) is 0 Å².